The fourth-order valence-corrected chi connectivity index (χ4v) is 7.38. The average molecular weight is 745 g/mol. The number of hydrogen-bond acceptors (Lipinski definition) is 8. The molecule has 53 heavy (non-hydrogen) atoms. The number of hydrogen-bond donors (Lipinski definition) is 0. The van der Waals surface area contributed by atoms with E-state index in [1.807, 2.05) is 110 Å². The monoisotopic (exact) mass is 744 g/mol. The molecule has 2 unspecified atom stereocenters. The smallest absolute Gasteiger partial charge is 0.414 e. The van der Waals surface area contributed by atoms with Crippen LogP contribution in [0.25, 0.3) is 0 Å². The van der Waals surface area contributed by atoms with Gasteiger partial charge in [0.2, 0.25) is 0 Å². The maximum Gasteiger partial charge on any atom is 0.414 e. The number of nitrogens with zero attached hydrogens (tertiary/aromatic N) is 4. The summed E-state index contributed by atoms with van der Waals surface area (Å²) in [6, 6.07) is 22.2. The number of carbonyl (C=O) groups excluding carboxylic acids is 2. The summed E-state index contributed by atoms with van der Waals surface area (Å²) >= 11 is 0. The van der Waals surface area contributed by atoms with Crippen molar-refractivity contribution in [3.8, 4) is 0 Å². The van der Waals surface area contributed by atoms with Crippen LogP contribution in [0.4, 0.5) is 21.0 Å². The van der Waals surface area contributed by atoms with E-state index in [2.05, 4.69) is 15.6 Å². The largest absolute Gasteiger partial charge is 0.443 e. The highest BCUT2D eigenvalue weighted by molar-refractivity contribution is 7.86. The van der Waals surface area contributed by atoms with Gasteiger partial charge in [-0.3, -0.25) is 14.0 Å². The van der Waals surface area contributed by atoms with Crippen LogP contribution < -0.4 is 9.80 Å². The van der Waals surface area contributed by atoms with E-state index >= 15 is 0 Å². The highest BCUT2D eigenvalue weighted by Crippen LogP contribution is 2.33. The van der Waals surface area contributed by atoms with E-state index in [0.29, 0.717) is 25.4 Å². The van der Waals surface area contributed by atoms with Gasteiger partial charge in [0.25, 0.3) is 10.1 Å². The van der Waals surface area contributed by atoms with Crippen molar-refractivity contribution in [2.45, 2.75) is 90.9 Å². The molecule has 0 aliphatic carbocycles. The molecule has 11 nitrogen and oxygen atoms in total. The number of aryl methyl sites for hydroxylation is 2. The van der Waals surface area contributed by atoms with Crippen LogP contribution >= 0.6 is 0 Å². The summed E-state index contributed by atoms with van der Waals surface area (Å²) in [5.41, 5.74) is 4.77. The van der Waals surface area contributed by atoms with Gasteiger partial charge in [-0.15, -0.1) is 0 Å². The van der Waals surface area contributed by atoms with Crippen molar-refractivity contribution in [1.29, 1.82) is 0 Å². The van der Waals surface area contributed by atoms with E-state index in [1.165, 1.54) is 17.7 Å². The first-order valence-corrected chi connectivity index (χ1v) is 19.4. The number of imidazole rings is 1. The minimum Gasteiger partial charge on any atom is -0.443 e. The molecule has 4 aromatic rings. The van der Waals surface area contributed by atoms with E-state index in [-0.39, 0.29) is 23.5 Å². The minimum atomic E-state index is -3.86. The zero-order valence-corrected chi connectivity index (χ0v) is 32.9. The van der Waals surface area contributed by atoms with Crippen LogP contribution in [0, 0.1) is 25.7 Å². The van der Waals surface area contributed by atoms with Crippen molar-refractivity contribution in [1.82, 2.24) is 9.55 Å². The van der Waals surface area contributed by atoms with Crippen molar-refractivity contribution >= 4 is 33.7 Å². The normalized spacial score (nSPS) is 17.2. The summed E-state index contributed by atoms with van der Waals surface area (Å²) < 4.78 is 43.6. The molecule has 0 saturated heterocycles. The second kappa shape index (κ2) is 16.1. The number of aromatic nitrogens is 2. The zero-order valence-electron chi connectivity index (χ0n) is 32.0. The topological polar surface area (TPSA) is 120 Å². The molecule has 0 fully saturated rings. The fraction of sp³-hybridized carbons (Fsp3) is 0.439. The fourth-order valence-electron chi connectivity index (χ4n) is 6.40. The number of benzene rings is 3. The third-order valence-electron chi connectivity index (χ3n) is 8.69. The number of ether oxygens (including phenoxy) is 2. The average Bonchev–Trinajstić information content (AvgIpc) is 3.49. The van der Waals surface area contributed by atoms with Crippen LogP contribution in [-0.2, 0) is 43.2 Å². The lowest BCUT2D eigenvalue weighted by Gasteiger charge is -2.35. The molecule has 1 aromatic heterocycles. The molecule has 3 aromatic carbocycles. The zero-order chi connectivity index (χ0) is 38.6. The first-order chi connectivity index (χ1) is 24.9. The molecule has 0 radical (unpaired) electrons. The molecule has 6 rings (SSSR count). The van der Waals surface area contributed by atoms with Gasteiger partial charge in [-0.2, -0.15) is 8.42 Å². The number of amides is 2. The molecule has 0 saturated carbocycles. The van der Waals surface area contributed by atoms with Crippen molar-refractivity contribution in [2.75, 3.05) is 29.5 Å². The second-order valence-electron chi connectivity index (χ2n) is 15.8. The highest BCUT2D eigenvalue weighted by atomic mass is 32.2. The molecule has 284 valence electrons. The van der Waals surface area contributed by atoms with Crippen molar-refractivity contribution in [2.24, 2.45) is 11.8 Å². The van der Waals surface area contributed by atoms with Gasteiger partial charge >= 0.3 is 12.2 Å². The van der Waals surface area contributed by atoms with Crippen LogP contribution in [0.1, 0.15) is 63.9 Å². The maximum atomic E-state index is 12.7. The van der Waals surface area contributed by atoms with Crippen molar-refractivity contribution in [3.63, 3.8) is 0 Å². The summed E-state index contributed by atoms with van der Waals surface area (Å²) in [6.45, 7) is 16.8. The Morgan fingerprint density at radius 2 is 1.23 bits per heavy atom. The van der Waals surface area contributed by atoms with Crippen LogP contribution in [0.2, 0.25) is 0 Å². The maximum absolute atomic E-state index is 12.7. The lowest BCUT2D eigenvalue weighted by Crippen LogP contribution is -2.44. The van der Waals surface area contributed by atoms with Crippen LogP contribution in [0.5, 0.6) is 0 Å². The number of para-hydroxylation sites is 2. The van der Waals surface area contributed by atoms with Gasteiger partial charge in [-0.05, 0) is 110 Å². The second-order valence-corrected chi connectivity index (χ2v) is 17.5. The summed E-state index contributed by atoms with van der Waals surface area (Å²) in [4.78, 5) is 33.1. The number of rotatable bonds is 6. The first-order valence-electron chi connectivity index (χ1n) is 18.0. The minimum absolute atomic E-state index is 0.0101. The Morgan fingerprint density at radius 3 is 1.72 bits per heavy atom. The predicted molar refractivity (Wildman–Crippen MR) is 206 cm³/mol. The van der Waals surface area contributed by atoms with E-state index in [1.54, 1.807) is 21.9 Å². The Labute approximate surface area is 314 Å². The van der Waals surface area contributed by atoms with Crippen LogP contribution in [0.3, 0.4) is 0 Å². The summed E-state index contributed by atoms with van der Waals surface area (Å²) in [6.07, 6.45) is 4.75. The molecule has 12 heteroatoms. The Kier molecular flexibility index (Phi) is 12.0. The van der Waals surface area contributed by atoms with E-state index in [4.69, 9.17) is 13.7 Å². The van der Waals surface area contributed by atoms with Gasteiger partial charge in [0.1, 0.15) is 11.2 Å². The SMILES string of the molecule is Cc1ccc(S(=O)(=O)OCC2Cc3ccccc3N(C(=O)OC(C)(C)C)C2)cc1.Cc1cn(CC2Cc3ccccc3N(C(=O)OC(C)(C)C)C2)cn1. The van der Waals surface area contributed by atoms with E-state index < -0.39 is 27.4 Å². The number of anilines is 2. The van der Waals surface area contributed by atoms with Gasteiger partial charge in [0.15, 0.2) is 0 Å². The number of fused-ring (bicyclic) bond motifs is 2. The Morgan fingerprint density at radius 1 is 0.736 bits per heavy atom. The molecule has 2 aliphatic heterocycles. The standard InChI is InChI=1S/C22H27NO5S.C19H25N3O2/c1-16-9-11-19(12-10-16)29(25,26)27-15-17-13-18-7-5-6-8-20(18)23(14-17)21(24)28-22(2,3)4;1-14-10-21(13-20-14)11-15-9-16-7-5-6-8-17(16)22(12-15)18(23)24-19(2,3)4/h5-12,17H,13-15H2,1-4H3;5-8,10,13,15H,9,11-12H2,1-4H3. The van der Waals surface area contributed by atoms with E-state index in [9.17, 15) is 18.0 Å². The first kappa shape index (κ1) is 39.5. The van der Waals surface area contributed by atoms with Gasteiger partial charge in [-0.1, -0.05) is 54.1 Å². The molecule has 0 bridgehead atoms. The summed E-state index contributed by atoms with van der Waals surface area (Å²) in [5, 5.41) is 0. The Hall–Kier alpha value is -4.68. The summed E-state index contributed by atoms with van der Waals surface area (Å²) in [5.74, 6) is 0.165. The lowest BCUT2D eigenvalue weighted by molar-refractivity contribution is 0.0557. The van der Waals surface area contributed by atoms with Gasteiger partial charge in [0, 0.05) is 31.7 Å². The highest BCUT2D eigenvalue weighted by Gasteiger charge is 2.33. The molecular formula is C41H52N4O7S. The molecule has 2 atom stereocenters. The Balaban J connectivity index is 0.000000208. The van der Waals surface area contributed by atoms with Crippen molar-refractivity contribution in [3.05, 3.63) is 108 Å². The van der Waals surface area contributed by atoms with E-state index in [0.717, 1.165) is 41.2 Å². The molecular weight excluding hydrogens is 693 g/mol. The lowest BCUT2D eigenvalue weighted by atomic mass is 9.92. The van der Waals surface area contributed by atoms with Crippen molar-refractivity contribution < 1.29 is 31.7 Å². The Bertz CT molecular complexity index is 2000. The molecule has 0 N–H and O–H groups in total. The third kappa shape index (κ3) is 10.9. The molecule has 3 heterocycles. The number of carbonyl (C=O) groups is 2. The quantitative estimate of drug-likeness (QED) is 0.182. The van der Waals surface area contributed by atoms with Gasteiger partial charge in [0.05, 0.1) is 34.9 Å². The van der Waals surface area contributed by atoms with Gasteiger partial charge < -0.3 is 14.0 Å². The third-order valence-corrected chi connectivity index (χ3v) is 9.99. The molecule has 2 amide bonds. The molecule has 2 aliphatic rings. The summed E-state index contributed by atoms with van der Waals surface area (Å²) in [7, 11) is -3.86. The van der Waals surface area contributed by atoms with Gasteiger partial charge in [-0.25, -0.2) is 14.6 Å². The molecule has 0 spiro atoms. The van der Waals surface area contributed by atoms with Crippen LogP contribution in [-0.4, -0.2) is 61.1 Å². The van der Waals surface area contributed by atoms with Crippen LogP contribution in [0.15, 0.2) is 90.2 Å². The predicted octanol–water partition coefficient (Wildman–Crippen LogP) is 8.12.